The molecule has 2 nitrogen and oxygen atoms in total. The molecule has 0 bridgehead atoms. The summed E-state index contributed by atoms with van der Waals surface area (Å²) in [6, 6.07) is 1.74. The summed E-state index contributed by atoms with van der Waals surface area (Å²) in [5.74, 6) is 0.891. The highest BCUT2D eigenvalue weighted by atomic mass is 15.2. The normalized spacial score (nSPS) is 40.1. The molecule has 2 heterocycles. The summed E-state index contributed by atoms with van der Waals surface area (Å²) in [6.07, 6.45) is 7.24. The van der Waals surface area contributed by atoms with Crippen molar-refractivity contribution in [1.82, 2.24) is 10.2 Å². The molecule has 92 valence electrons. The number of fused-ring (bicyclic) bond motifs is 1. The van der Waals surface area contributed by atoms with E-state index in [-0.39, 0.29) is 0 Å². The zero-order valence-corrected chi connectivity index (χ0v) is 10.8. The van der Waals surface area contributed by atoms with Gasteiger partial charge in [-0.15, -0.1) is 0 Å². The van der Waals surface area contributed by atoms with Gasteiger partial charge in [-0.3, -0.25) is 4.90 Å². The first kappa shape index (κ1) is 11.0. The maximum Gasteiger partial charge on any atom is 0.0125 e. The minimum Gasteiger partial charge on any atom is -0.313 e. The topological polar surface area (TPSA) is 15.3 Å². The molecule has 3 aliphatic rings. The molecule has 0 amide bonds. The molecule has 3 rings (SSSR count). The third kappa shape index (κ3) is 1.80. The van der Waals surface area contributed by atoms with Crippen molar-refractivity contribution >= 4 is 0 Å². The van der Waals surface area contributed by atoms with E-state index in [1.165, 1.54) is 51.7 Å². The Kier molecular flexibility index (Phi) is 2.75. The largest absolute Gasteiger partial charge is 0.313 e. The Bertz CT molecular complexity index is 255. The van der Waals surface area contributed by atoms with Gasteiger partial charge in [-0.05, 0) is 37.1 Å². The summed E-state index contributed by atoms with van der Waals surface area (Å²) >= 11 is 0. The van der Waals surface area contributed by atoms with Gasteiger partial charge in [0.25, 0.3) is 0 Å². The molecule has 16 heavy (non-hydrogen) atoms. The van der Waals surface area contributed by atoms with Crippen molar-refractivity contribution in [3.8, 4) is 0 Å². The minimum atomic E-state index is 0.516. The minimum absolute atomic E-state index is 0.516. The van der Waals surface area contributed by atoms with Crippen LogP contribution in [-0.4, -0.2) is 36.6 Å². The Morgan fingerprint density at radius 3 is 2.62 bits per heavy atom. The summed E-state index contributed by atoms with van der Waals surface area (Å²) in [7, 11) is 0. The lowest BCUT2D eigenvalue weighted by Crippen LogP contribution is -2.50. The fourth-order valence-electron chi connectivity index (χ4n) is 4.14. The summed E-state index contributed by atoms with van der Waals surface area (Å²) in [5.41, 5.74) is 0.516. The smallest absolute Gasteiger partial charge is 0.0125 e. The van der Waals surface area contributed by atoms with Crippen molar-refractivity contribution in [2.75, 3.05) is 19.6 Å². The highest BCUT2D eigenvalue weighted by molar-refractivity contribution is 5.01. The van der Waals surface area contributed by atoms with Gasteiger partial charge >= 0.3 is 0 Å². The molecule has 1 N–H and O–H groups in total. The van der Waals surface area contributed by atoms with Crippen molar-refractivity contribution in [3.05, 3.63) is 0 Å². The average molecular weight is 222 g/mol. The van der Waals surface area contributed by atoms with E-state index < -0.39 is 0 Å². The summed E-state index contributed by atoms with van der Waals surface area (Å²) < 4.78 is 0. The third-order valence-corrected chi connectivity index (χ3v) is 5.31. The number of rotatable bonds is 1. The van der Waals surface area contributed by atoms with Gasteiger partial charge in [0.1, 0.15) is 0 Å². The molecule has 0 aromatic heterocycles. The van der Waals surface area contributed by atoms with E-state index in [2.05, 4.69) is 24.1 Å². The van der Waals surface area contributed by atoms with Crippen LogP contribution in [0, 0.1) is 11.3 Å². The second kappa shape index (κ2) is 3.99. The molecule has 0 aromatic carbocycles. The van der Waals surface area contributed by atoms with Crippen molar-refractivity contribution in [1.29, 1.82) is 0 Å². The van der Waals surface area contributed by atoms with Crippen LogP contribution in [0.25, 0.3) is 0 Å². The van der Waals surface area contributed by atoms with Gasteiger partial charge < -0.3 is 5.32 Å². The molecule has 0 aromatic rings. The molecular formula is C14H26N2. The van der Waals surface area contributed by atoms with Crippen LogP contribution in [0.1, 0.15) is 46.0 Å². The number of hydrogen-bond acceptors (Lipinski definition) is 2. The lowest BCUT2D eigenvalue weighted by atomic mass is 9.76. The van der Waals surface area contributed by atoms with Gasteiger partial charge in [-0.1, -0.05) is 26.7 Å². The molecule has 2 heteroatoms. The van der Waals surface area contributed by atoms with E-state index in [9.17, 15) is 0 Å². The Morgan fingerprint density at radius 2 is 1.88 bits per heavy atom. The molecular weight excluding hydrogens is 196 g/mol. The van der Waals surface area contributed by atoms with E-state index in [0.717, 1.165) is 18.0 Å². The van der Waals surface area contributed by atoms with Crippen LogP contribution < -0.4 is 5.32 Å². The van der Waals surface area contributed by atoms with Gasteiger partial charge in [-0.25, -0.2) is 0 Å². The summed E-state index contributed by atoms with van der Waals surface area (Å²) in [4.78, 5) is 2.81. The van der Waals surface area contributed by atoms with E-state index >= 15 is 0 Å². The number of piperidine rings is 1. The molecule has 0 spiro atoms. The number of likely N-dealkylation sites (tertiary alicyclic amines) is 1. The number of hydrogen-bond donors (Lipinski definition) is 1. The van der Waals surface area contributed by atoms with E-state index in [1.807, 2.05) is 0 Å². The molecule has 2 aliphatic heterocycles. The molecule has 2 saturated heterocycles. The molecule has 2 unspecified atom stereocenters. The van der Waals surface area contributed by atoms with Crippen LogP contribution >= 0.6 is 0 Å². The van der Waals surface area contributed by atoms with Crippen LogP contribution in [0.15, 0.2) is 0 Å². The van der Waals surface area contributed by atoms with Gasteiger partial charge in [0.05, 0.1) is 0 Å². The standard InChI is InChI=1S/C14H26N2/c1-14(2)10-15-13-7-8-16(9-12(13)14)11-5-3-4-6-11/h11-13,15H,3-10H2,1-2H3. The predicted molar refractivity (Wildman–Crippen MR) is 67.5 cm³/mol. The van der Waals surface area contributed by atoms with E-state index in [4.69, 9.17) is 0 Å². The fraction of sp³-hybridized carbons (Fsp3) is 1.00. The highest BCUT2D eigenvalue weighted by Gasteiger charge is 2.45. The molecule has 2 atom stereocenters. The predicted octanol–water partition coefficient (Wildman–Crippen LogP) is 2.25. The average Bonchev–Trinajstić information content (AvgIpc) is 2.87. The van der Waals surface area contributed by atoms with Crippen LogP contribution in [0.4, 0.5) is 0 Å². The summed E-state index contributed by atoms with van der Waals surface area (Å²) in [5, 5.41) is 3.73. The Balaban J connectivity index is 1.68. The maximum atomic E-state index is 3.73. The second-order valence-corrected chi connectivity index (χ2v) is 6.80. The monoisotopic (exact) mass is 222 g/mol. The SMILES string of the molecule is CC1(C)CNC2CCN(C3CCCC3)CC21. The van der Waals surface area contributed by atoms with Crippen molar-refractivity contribution < 1.29 is 0 Å². The van der Waals surface area contributed by atoms with Gasteiger partial charge in [-0.2, -0.15) is 0 Å². The summed E-state index contributed by atoms with van der Waals surface area (Å²) in [6.45, 7) is 8.82. The fourth-order valence-corrected chi connectivity index (χ4v) is 4.14. The first-order valence-electron chi connectivity index (χ1n) is 7.14. The van der Waals surface area contributed by atoms with Gasteiger partial charge in [0.15, 0.2) is 0 Å². The van der Waals surface area contributed by atoms with E-state index in [0.29, 0.717) is 5.41 Å². The highest BCUT2D eigenvalue weighted by Crippen LogP contribution is 2.40. The number of nitrogens with one attached hydrogen (secondary N) is 1. The second-order valence-electron chi connectivity index (χ2n) is 6.80. The first-order chi connectivity index (χ1) is 7.67. The van der Waals surface area contributed by atoms with Gasteiger partial charge in [0.2, 0.25) is 0 Å². The van der Waals surface area contributed by atoms with Gasteiger partial charge in [0, 0.05) is 25.2 Å². The van der Waals surface area contributed by atoms with Crippen LogP contribution in [0.5, 0.6) is 0 Å². The molecule has 3 fully saturated rings. The first-order valence-corrected chi connectivity index (χ1v) is 7.14. The molecule has 0 radical (unpaired) electrons. The number of nitrogens with zero attached hydrogens (tertiary/aromatic N) is 1. The Labute approximate surface area is 99.8 Å². The third-order valence-electron chi connectivity index (χ3n) is 5.31. The van der Waals surface area contributed by atoms with Crippen molar-refractivity contribution in [2.24, 2.45) is 11.3 Å². The lowest BCUT2D eigenvalue weighted by Gasteiger charge is -2.42. The zero-order chi connectivity index (χ0) is 11.2. The van der Waals surface area contributed by atoms with Crippen molar-refractivity contribution in [2.45, 2.75) is 58.0 Å². The van der Waals surface area contributed by atoms with Crippen LogP contribution in [0.3, 0.4) is 0 Å². The quantitative estimate of drug-likeness (QED) is 0.732. The molecule has 1 aliphatic carbocycles. The lowest BCUT2D eigenvalue weighted by molar-refractivity contribution is 0.0785. The maximum absolute atomic E-state index is 3.73. The van der Waals surface area contributed by atoms with Crippen LogP contribution in [0.2, 0.25) is 0 Å². The van der Waals surface area contributed by atoms with Crippen LogP contribution in [-0.2, 0) is 0 Å². The Morgan fingerprint density at radius 1 is 1.12 bits per heavy atom. The Hall–Kier alpha value is -0.0800. The zero-order valence-electron chi connectivity index (χ0n) is 10.8. The molecule has 1 saturated carbocycles. The van der Waals surface area contributed by atoms with Crippen molar-refractivity contribution in [3.63, 3.8) is 0 Å². The van der Waals surface area contributed by atoms with E-state index in [1.54, 1.807) is 0 Å².